The fourth-order valence-corrected chi connectivity index (χ4v) is 1.97. The summed E-state index contributed by atoms with van der Waals surface area (Å²) >= 11 is -0.993. The van der Waals surface area contributed by atoms with Crippen LogP contribution in [0.1, 0.15) is 5.56 Å². The lowest BCUT2D eigenvalue weighted by molar-refractivity contribution is -0.400. The number of hydrogen-bond donors (Lipinski definition) is 0. The van der Waals surface area contributed by atoms with Crippen LogP contribution in [0.3, 0.4) is 0 Å². The molecule has 0 unspecified atom stereocenters. The van der Waals surface area contributed by atoms with E-state index in [0.29, 0.717) is 0 Å². The lowest BCUT2D eigenvalue weighted by atomic mass is 10.1. The molecule has 0 saturated heterocycles. The molecule has 0 aliphatic heterocycles. The van der Waals surface area contributed by atoms with Crippen LogP contribution < -0.4 is 0 Å². The molecule has 0 amide bonds. The van der Waals surface area contributed by atoms with Crippen LogP contribution in [0.25, 0.3) is 0 Å². The third-order valence-electron chi connectivity index (χ3n) is 1.98. The van der Waals surface area contributed by atoms with E-state index >= 15 is 0 Å². The number of nitro groups is 2. The number of alkyl halides is 6. The lowest BCUT2D eigenvalue weighted by Gasteiger charge is -2.10. The van der Waals surface area contributed by atoms with Crippen LogP contribution in [0.5, 0.6) is 0 Å². The summed E-state index contributed by atoms with van der Waals surface area (Å²) < 4.78 is 74.4. The first kappa shape index (κ1) is 17.0. The van der Waals surface area contributed by atoms with E-state index in [9.17, 15) is 46.6 Å². The van der Waals surface area contributed by atoms with Gasteiger partial charge in [-0.05, 0) is 11.8 Å². The standard InChI is InChI=1S/C8H2F6N2O4S/c9-7(10,11)6-4(15(17)18)1-3(21-8(12,13)14)2-5(6)16(19)20/h1-2H. The molecule has 0 heterocycles. The van der Waals surface area contributed by atoms with Crippen molar-refractivity contribution in [1.29, 1.82) is 0 Å². The SMILES string of the molecule is O=[N+]([O-])c1cc(SC(F)(F)F)cc([N+](=O)[O-])c1C(F)(F)F. The minimum atomic E-state index is -5.47. The average molecular weight is 336 g/mol. The highest BCUT2D eigenvalue weighted by atomic mass is 32.2. The molecule has 0 spiro atoms. The molecule has 0 bridgehead atoms. The van der Waals surface area contributed by atoms with Gasteiger partial charge in [-0.25, -0.2) is 0 Å². The average Bonchev–Trinajstić information content (AvgIpc) is 2.23. The topological polar surface area (TPSA) is 86.3 Å². The molecule has 13 heteroatoms. The van der Waals surface area contributed by atoms with Gasteiger partial charge in [-0.15, -0.1) is 0 Å². The van der Waals surface area contributed by atoms with Gasteiger partial charge in [0, 0.05) is 17.0 Å². The van der Waals surface area contributed by atoms with Crippen LogP contribution in [0, 0.1) is 20.2 Å². The van der Waals surface area contributed by atoms with Gasteiger partial charge >= 0.3 is 11.7 Å². The molecule has 0 fully saturated rings. The maximum absolute atomic E-state index is 12.7. The van der Waals surface area contributed by atoms with Crippen LogP contribution in [-0.2, 0) is 6.18 Å². The first-order chi connectivity index (χ1) is 9.33. The Balaban J connectivity index is 3.65. The maximum atomic E-state index is 12.7. The van der Waals surface area contributed by atoms with E-state index in [2.05, 4.69) is 0 Å². The van der Waals surface area contributed by atoms with E-state index in [1.54, 1.807) is 0 Å². The predicted molar refractivity (Wildman–Crippen MR) is 56.7 cm³/mol. The highest BCUT2D eigenvalue weighted by Gasteiger charge is 2.46. The van der Waals surface area contributed by atoms with Gasteiger partial charge in [-0.2, -0.15) is 26.3 Å². The molecule has 1 aromatic carbocycles. The summed E-state index contributed by atoms with van der Waals surface area (Å²) in [4.78, 5) is 16.8. The fourth-order valence-electron chi connectivity index (χ4n) is 1.36. The molecule has 0 atom stereocenters. The first-order valence-electron chi connectivity index (χ1n) is 4.62. The normalized spacial score (nSPS) is 12.3. The van der Waals surface area contributed by atoms with Crippen LogP contribution in [0.15, 0.2) is 17.0 Å². The van der Waals surface area contributed by atoms with Crippen molar-refractivity contribution in [2.45, 2.75) is 16.6 Å². The number of rotatable bonds is 3. The maximum Gasteiger partial charge on any atom is 0.446 e. The molecule has 0 N–H and O–H groups in total. The van der Waals surface area contributed by atoms with Crippen LogP contribution in [0.4, 0.5) is 37.7 Å². The van der Waals surface area contributed by atoms with E-state index in [0.717, 1.165) is 0 Å². The van der Waals surface area contributed by atoms with Crippen LogP contribution in [0.2, 0.25) is 0 Å². The van der Waals surface area contributed by atoms with Crippen molar-refractivity contribution in [2.24, 2.45) is 0 Å². The van der Waals surface area contributed by atoms with Crippen molar-refractivity contribution < 1.29 is 36.2 Å². The monoisotopic (exact) mass is 336 g/mol. The second-order valence-corrected chi connectivity index (χ2v) is 4.53. The summed E-state index contributed by atoms with van der Waals surface area (Å²) in [6.07, 6.45) is -5.47. The van der Waals surface area contributed by atoms with Crippen molar-refractivity contribution in [3.8, 4) is 0 Å². The van der Waals surface area contributed by atoms with E-state index < -0.39 is 55.1 Å². The number of nitro benzene ring substituents is 2. The molecule has 0 aromatic heterocycles. The van der Waals surface area contributed by atoms with E-state index in [-0.39, 0.29) is 12.1 Å². The number of thioether (sulfide) groups is 1. The summed E-state index contributed by atoms with van der Waals surface area (Å²) in [6.45, 7) is 0. The van der Waals surface area contributed by atoms with Gasteiger partial charge in [0.05, 0.1) is 9.85 Å². The first-order valence-corrected chi connectivity index (χ1v) is 5.44. The Morgan fingerprint density at radius 2 is 1.29 bits per heavy atom. The third-order valence-corrected chi connectivity index (χ3v) is 2.68. The molecule has 0 aliphatic carbocycles. The van der Waals surface area contributed by atoms with E-state index in [1.807, 2.05) is 0 Å². The van der Waals surface area contributed by atoms with Gasteiger partial charge in [-0.1, -0.05) is 0 Å². The van der Waals surface area contributed by atoms with Crippen molar-refractivity contribution in [3.05, 3.63) is 37.9 Å². The molecule has 1 aromatic rings. The summed E-state index contributed by atoms with van der Waals surface area (Å²) in [7, 11) is 0. The minimum absolute atomic E-state index is 0.00597. The third kappa shape index (κ3) is 4.21. The van der Waals surface area contributed by atoms with Gasteiger partial charge in [0.1, 0.15) is 0 Å². The smallest absolute Gasteiger partial charge is 0.258 e. The Labute approximate surface area is 115 Å². The molecular weight excluding hydrogens is 334 g/mol. The van der Waals surface area contributed by atoms with Crippen molar-refractivity contribution in [1.82, 2.24) is 0 Å². The number of benzene rings is 1. The van der Waals surface area contributed by atoms with Crippen LogP contribution in [-0.4, -0.2) is 15.4 Å². The molecule has 0 aliphatic rings. The van der Waals surface area contributed by atoms with E-state index in [4.69, 9.17) is 0 Å². The molecule has 0 radical (unpaired) electrons. The van der Waals surface area contributed by atoms with Crippen molar-refractivity contribution >= 4 is 23.1 Å². The van der Waals surface area contributed by atoms with Crippen LogP contribution >= 0.6 is 11.8 Å². The number of halogens is 6. The lowest BCUT2D eigenvalue weighted by Crippen LogP contribution is -2.13. The number of hydrogen-bond acceptors (Lipinski definition) is 5. The summed E-state index contributed by atoms with van der Waals surface area (Å²) in [6, 6.07) is -0.0119. The molecule has 21 heavy (non-hydrogen) atoms. The molecule has 116 valence electrons. The van der Waals surface area contributed by atoms with Crippen molar-refractivity contribution in [2.75, 3.05) is 0 Å². The Morgan fingerprint density at radius 3 is 1.52 bits per heavy atom. The Kier molecular flexibility index (Phi) is 4.36. The zero-order valence-corrected chi connectivity index (χ0v) is 10.2. The highest BCUT2D eigenvalue weighted by Crippen LogP contribution is 2.46. The summed E-state index contributed by atoms with van der Waals surface area (Å²) in [5.74, 6) is 0. The Hall–Kier alpha value is -2.05. The van der Waals surface area contributed by atoms with Gasteiger partial charge in [0.25, 0.3) is 11.4 Å². The zero-order valence-electron chi connectivity index (χ0n) is 9.36. The van der Waals surface area contributed by atoms with Crippen molar-refractivity contribution in [3.63, 3.8) is 0 Å². The zero-order chi connectivity index (χ0) is 16.6. The van der Waals surface area contributed by atoms with Gasteiger partial charge in [0.15, 0.2) is 0 Å². The second kappa shape index (κ2) is 5.38. The summed E-state index contributed by atoms with van der Waals surface area (Å²) in [5, 5.41) is 21.1. The second-order valence-electron chi connectivity index (χ2n) is 3.40. The number of nitrogens with zero attached hydrogens (tertiary/aromatic N) is 2. The summed E-state index contributed by atoms with van der Waals surface area (Å²) in [5.41, 5.74) is -10.8. The largest absolute Gasteiger partial charge is 0.446 e. The van der Waals surface area contributed by atoms with Gasteiger partial charge in [0.2, 0.25) is 5.56 Å². The molecular formula is C8H2F6N2O4S. The Morgan fingerprint density at radius 1 is 0.905 bits per heavy atom. The van der Waals surface area contributed by atoms with Gasteiger partial charge < -0.3 is 0 Å². The van der Waals surface area contributed by atoms with E-state index in [1.165, 1.54) is 0 Å². The molecule has 0 saturated carbocycles. The quantitative estimate of drug-likeness (QED) is 0.358. The molecule has 1 rings (SSSR count). The minimum Gasteiger partial charge on any atom is -0.258 e. The van der Waals surface area contributed by atoms with Gasteiger partial charge in [-0.3, -0.25) is 20.2 Å². The molecule has 6 nitrogen and oxygen atoms in total. The fraction of sp³-hybridized carbons (Fsp3) is 0.250. The predicted octanol–water partition coefficient (Wildman–Crippen LogP) is 4.13. The highest BCUT2D eigenvalue weighted by molar-refractivity contribution is 8.00. The Bertz CT molecular complexity index is 564.